The number of primary amides is 1. The van der Waals surface area contributed by atoms with E-state index in [0.29, 0.717) is 6.54 Å². The Kier molecular flexibility index (Phi) is 3.75. The molecule has 5 heteroatoms. The summed E-state index contributed by atoms with van der Waals surface area (Å²) in [5, 5.41) is 3.17. The van der Waals surface area contributed by atoms with E-state index in [2.05, 4.69) is 5.32 Å². The summed E-state index contributed by atoms with van der Waals surface area (Å²) in [5.74, 6) is 1.04. The fourth-order valence-electron chi connectivity index (χ4n) is 2.37. The van der Waals surface area contributed by atoms with Crippen molar-refractivity contribution in [1.82, 2.24) is 5.32 Å². The Balaban J connectivity index is 1.77. The highest BCUT2D eigenvalue weighted by atomic mass is 16.7. The second-order valence-corrected chi connectivity index (χ2v) is 4.78. The zero-order chi connectivity index (χ0) is 14.7. The van der Waals surface area contributed by atoms with Crippen molar-refractivity contribution in [2.24, 2.45) is 5.73 Å². The molecule has 0 radical (unpaired) electrons. The van der Waals surface area contributed by atoms with E-state index < -0.39 is 11.9 Å². The van der Waals surface area contributed by atoms with Crippen LogP contribution in [0.5, 0.6) is 11.5 Å². The summed E-state index contributed by atoms with van der Waals surface area (Å²) in [7, 11) is 0. The molecular formula is C16H16N2O3. The average molecular weight is 284 g/mol. The van der Waals surface area contributed by atoms with E-state index in [9.17, 15) is 4.79 Å². The monoisotopic (exact) mass is 284 g/mol. The Labute approximate surface area is 122 Å². The van der Waals surface area contributed by atoms with Gasteiger partial charge < -0.3 is 15.2 Å². The lowest BCUT2D eigenvalue weighted by atomic mass is 10.1. The molecule has 0 unspecified atom stereocenters. The first-order valence-electron chi connectivity index (χ1n) is 6.71. The van der Waals surface area contributed by atoms with Gasteiger partial charge in [-0.2, -0.15) is 0 Å². The summed E-state index contributed by atoms with van der Waals surface area (Å²) in [4.78, 5) is 11.7. The first-order chi connectivity index (χ1) is 10.3. The molecule has 0 saturated heterocycles. The molecule has 0 bridgehead atoms. The van der Waals surface area contributed by atoms with Gasteiger partial charge in [0, 0.05) is 12.1 Å². The van der Waals surface area contributed by atoms with Crippen LogP contribution in [0.1, 0.15) is 17.2 Å². The Morgan fingerprint density at radius 2 is 1.95 bits per heavy atom. The molecule has 5 nitrogen and oxygen atoms in total. The topological polar surface area (TPSA) is 73.6 Å². The number of rotatable bonds is 5. The van der Waals surface area contributed by atoms with Crippen LogP contribution in [0.3, 0.4) is 0 Å². The van der Waals surface area contributed by atoms with E-state index in [-0.39, 0.29) is 6.79 Å². The van der Waals surface area contributed by atoms with Crippen molar-refractivity contribution in [1.29, 1.82) is 0 Å². The van der Waals surface area contributed by atoms with Gasteiger partial charge in [-0.25, -0.2) is 0 Å². The third-order valence-electron chi connectivity index (χ3n) is 3.39. The van der Waals surface area contributed by atoms with Crippen LogP contribution >= 0.6 is 0 Å². The maximum Gasteiger partial charge on any atom is 0.239 e. The molecule has 21 heavy (non-hydrogen) atoms. The van der Waals surface area contributed by atoms with E-state index in [1.165, 1.54) is 0 Å². The highest BCUT2D eigenvalue weighted by molar-refractivity contribution is 5.81. The number of fused-ring (bicyclic) bond motifs is 1. The zero-order valence-electron chi connectivity index (χ0n) is 11.4. The maximum absolute atomic E-state index is 11.7. The van der Waals surface area contributed by atoms with Crippen molar-refractivity contribution < 1.29 is 14.3 Å². The van der Waals surface area contributed by atoms with E-state index in [4.69, 9.17) is 15.2 Å². The number of carbonyl (C=O) groups excluding carboxylic acids is 1. The van der Waals surface area contributed by atoms with Gasteiger partial charge in [0.2, 0.25) is 12.7 Å². The molecule has 3 rings (SSSR count). The van der Waals surface area contributed by atoms with Crippen LogP contribution in [0.4, 0.5) is 0 Å². The van der Waals surface area contributed by atoms with Crippen LogP contribution < -0.4 is 20.5 Å². The SMILES string of the molecule is NC(=O)[C@@H](NCc1cccc2c1OCO2)c1ccccc1. The van der Waals surface area contributed by atoms with Gasteiger partial charge in [-0.3, -0.25) is 10.1 Å². The first-order valence-corrected chi connectivity index (χ1v) is 6.71. The Morgan fingerprint density at radius 3 is 2.71 bits per heavy atom. The van der Waals surface area contributed by atoms with Gasteiger partial charge in [-0.05, 0) is 11.6 Å². The zero-order valence-corrected chi connectivity index (χ0v) is 11.4. The number of hydrogen-bond donors (Lipinski definition) is 2. The third kappa shape index (κ3) is 2.83. The van der Waals surface area contributed by atoms with Crippen LogP contribution in [0.2, 0.25) is 0 Å². The van der Waals surface area contributed by atoms with Crippen molar-refractivity contribution in [3.8, 4) is 11.5 Å². The molecule has 0 aliphatic carbocycles. The predicted octanol–water partition coefficient (Wildman–Crippen LogP) is 1.73. The molecule has 3 N–H and O–H groups in total. The predicted molar refractivity (Wildman–Crippen MR) is 77.8 cm³/mol. The molecule has 1 aliphatic heterocycles. The Bertz CT molecular complexity index is 643. The van der Waals surface area contributed by atoms with Crippen LogP contribution in [0, 0.1) is 0 Å². The summed E-state index contributed by atoms with van der Waals surface area (Å²) in [5.41, 5.74) is 7.27. The van der Waals surface area contributed by atoms with Gasteiger partial charge in [-0.1, -0.05) is 42.5 Å². The highest BCUT2D eigenvalue weighted by Crippen LogP contribution is 2.35. The Morgan fingerprint density at radius 1 is 1.14 bits per heavy atom. The molecule has 0 spiro atoms. The van der Waals surface area contributed by atoms with Gasteiger partial charge >= 0.3 is 0 Å². The van der Waals surface area contributed by atoms with Crippen molar-refractivity contribution in [3.05, 3.63) is 59.7 Å². The number of amides is 1. The van der Waals surface area contributed by atoms with E-state index >= 15 is 0 Å². The summed E-state index contributed by atoms with van der Waals surface area (Å²) in [6, 6.07) is 14.6. The molecule has 1 atom stereocenters. The fourth-order valence-corrected chi connectivity index (χ4v) is 2.37. The summed E-state index contributed by atoms with van der Waals surface area (Å²) in [6.07, 6.45) is 0. The molecule has 0 saturated carbocycles. The highest BCUT2D eigenvalue weighted by Gasteiger charge is 2.20. The van der Waals surface area contributed by atoms with Crippen molar-refractivity contribution in [2.45, 2.75) is 12.6 Å². The van der Waals surface area contributed by atoms with E-state index in [0.717, 1.165) is 22.6 Å². The van der Waals surface area contributed by atoms with Crippen LogP contribution in [-0.2, 0) is 11.3 Å². The van der Waals surface area contributed by atoms with Gasteiger partial charge in [-0.15, -0.1) is 0 Å². The second-order valence-electron chi connectivity index (χ2n) is 4.78. The molecule has 1 aliphatic rings. The minimum atomic E-state index is -0.538. The van der Waals surface area contributed by atoms with Crippen molar-refractivity contribution >= 4 is 5.91 Å². The van der Waals surface area contributed by atoms with Gasteiger partial charge in [0.05, 0.1) is 0 Å². The molecule has 0 fully saturated rings. The molecule has 2 aromatic rings. The van der Waals surface area contributed by atoms with Crippen LogP contribution in [0.25, 0.3) is 0 Å². The lowest BCUT2D eigenvalue weighted by molar-refractivity contribution is -0.120. The minimum absolute atomic E-state index is 0.226. The summed E-state index contributed by atoms with van der Waals surface area (Å²) >= 11 is 0. The Hall–Kier alpha value is -2.53. The number of benzene rings is 2. The lowest BCUT2D eigenvalue weighted by Crippen LogP contribution is -2.33. The summed E-state index contributed by atoms with van der Waals surface area (Å²) in [6.45, 7) is 0.694. The smallest absolute Gasteiger partial charge is 0.239 e. The normalized spacial score (nSPS) is 13.9. The lowest BCUT2D eigenvalue weighted by Gasteiger charge is -2.16. The van der Waals surface area contributed by atoms with Gasteiger partial charge in [0.25, 0.3) is 0 Å². The van der Waals surface area contributed by atoms with E-state index in [1.807, 2.05) is 48.5 Å². The standard InChI is InChI=1S/C16H16N2O3/c17-16(19)14(11-5-2-1-3-6-11)18-9-12-7-4-8-13-15(12)21-10-20-13/h1-8,14,18H,9-10H2,(H2,17,19)/t14-/m0/s1. The van der Waals surface area contributed by atoms with Crippen LogP contribution in [-0.4, -0.2) is 12.7 Å². The third-order valence-corrected chi connectivity index (χ3v) is 3.39. The summed E-state index contributed by atoms with van der Waals surface area (Å²) < 4.78 is 10.8. The minimum Gasteiger partial charge on any atom is -0.454 e. The number of para-hydroxylation sites is 1. The molecule has 108 valence electrons. The molecule has 2 aromatic carbocycles. The van der Waals surface area contributed by atoms with Crippen LogP contribution in [0.15, 0.2) is 48.5 Å². The average Bonchev–Trinajstić information content (AvgIpc) is 2.97. The molecule has 1 heterocycles. The maximum atomic E-state index is 11.7. The van der Waals surface area contributed by atoms with Gasteiger partial charge in [0.15, 0.2) is 11.5 Å². The van der Waals surface area contributed by atoms with E-state index in [1.54, 1.807) is 0 Å². The quantitative estimate of drug-likeness (QED) is 0.877. The molecule has 0 aromatic heterocycles. The van der Waals surface area contributed by atoms with Crippen molar-refractivity contribution in [3.63, 3.8) is 0 Å². The molecule has 1 amide bonds. The number of nitrogens with two attached hydrogens (primary N) is 1. The number of hydrogen-bond acceptors (Lipinski definition) is 4. The fraction of sp³-hybridized carbons (Fsp3) is 0.188. The van der Waals surface area contributed by atoms with Gasteiger partial charge in [0.1, 0.15) is 6.04 Å². The number of nitrogens with one attached hydrogen (secondary N) is 1. The largest absolute Gasteiger partial charge is 0.454 e. The number of carbonyl (C=O) groups is 1. The van der Waals surface area contributed by atoms with Crippen molar-refractivity contribution in [2.75, 3.05) is 6.79 Å². The second kappa shape index (κ2) is 5.85. The number of ether oxygens (including phenoxy) is 2. The molecular weight excluding hydrogens is 268 g/mol. The first kappa shape index (κ1) is 13.5.